The van der Waals surface area contributed by atoms with Crippen LogP contribution >= 0.6 is 0 Å². The summed E-state index contributed by atoms with van der Waals surface area (Å²) in [7, 11) is 0. The number of hydrogen-bond donors (Lipinski definition) is 1. The number of hydrogen-bond acceptors (Lipinski definition) is 8. The maximum Gasteiger partial charge on any atom is 0.350 e. The molecule has 7 rings (SSSR count). The predicted octanol–water partition coefficient (Wildman–Crippen LogP) is 4.96. The summed E-state index contributed by atoms with van der Waals surface area (Å²) in [6.45, 7) is 5.46. The first kappa shape index (κ1) is 33.1. The fourth-order valence-corrected chi connectivity index (χ4v) is 7.04. The summed E-state index contributed by atoms with van der Waals surface area (Å²) in [5.74, 6) is -1.50. The van der Waals surface area contributed by atoms with Crippen molar-refractivity contribution in [2.45, 2.75) is 44.9 Å². The summed E-state index contributed by atoms with van der Waals surface area (Å²) in [6.07, 6.45) is 5.39. The van der Waals surface area contributed by atoms with E-state index in [9.17, 15) is 14.0 Å². The first-order chi connectivity index (χ1) is 24.2. The zero-order valence-corrected chi connectivity index (χ0v) is 27.8. The molecule has 3 aromatic carbocycles. The van der Waals surface area contributed by atoms with E-state index in [1.165, 1.54) is 40.4 Å². The number of anilines is 2. The molecule has 12 nitrogen and oxygen atoms in total. The molecule has 4 atom stereocenters. The van der Waals surface area contributed by atoms with E-state index in [0.29, 0.717) is 56.3 Å². The number of amides is 1. The van der Waals surface area contributed by atoms with Gasteiger partial charge in [-0.3, -0.25) is 4.79 Å². The van der Waals surface area contributed by atoms with E-state index in [2.05, 4.69) is 20.5 Å². The van der Waals surface area contributed by atoms with Gasteiger partial charge in [0.1, 0.15) is 42.0 Å². The Morgan fingerprint density at radius 2 is 1.86 bits per heavy atom. The van der Waals surface area contributed by atoms with Gasteiger partial charge in [0.05, 0.1) is 37.4 Å². The maximum absolute atomic E-state index is 15.0. The second-order valence-corrected chi connectivity index (χ2v) is 12.9. The van der Waals surface area contributed by atoms with E-state index in [0.717, 1.165) is 11.8 Å². The Balaban J connectivity index is 1.07. The Kier molecular flexibility index (Phi) is 9.19. The van der Waals surface area contributed by atoms with Crippen LogP contribution in [0.25, 0.3) is 5.69 Å². The zero-order valence-electron chi connectivity index (χ0n) is 27.8. The number of ether oxygens (including phenoxy) is 2. The lowest BCUT2D eigenvalue weighted by atomic mass is 9.87. The molecule has 2 aliphatic rings. The van der Waals surface area contributed by atoms with Crippen molar-refractivity contribution in [1.29, 1.82) is 0 Å². The Hall–Kier alpha value is -5.37. The smallest absolute Gasteiger partial charge is 0.350 e. The molecule has 4 bridgehead atoms. The van der Waals surface area contributed by atoms with Crippen LogP contribution in [-0.2, 0) is 21.7 Å². The monoisotopic (exact) mass is 684 g/mol. The average molecular weight is 685 g/mol. The molecule has 0 spiro atoms. The third-order valence-corrected chi connectivity index (χ3v) is 9.60. The van der Waals surface area contributed by atoms with Gasteiger partial charge in [-0.1, -0.05) is 26.0 Å². The summed E-state index contributed by atoms with van der Waals surface area (Å²) in [4.78, 5) is 33.2. The van der Waals surface area contributed by atoms with Crippen molar-refractivity contribution < 1.29 is 23.0 Å². The first-order valence-corrected chi connectivity index (χ1v) is 16.7. The number of rotatable bonds is 8. The summed E-state index contributed by atoms with van der Waals surface area (Å²) in [5.41, 5.74) is 1.09. The second kappa shape index (κ2) is 13.9. The van der Waals surface area contributed by atoms with Gasteiger partial charge in [0.15, 0.2) is 0 Å². The number of nitrogens with one attached hydrogen (secondary N) is 1. The molecule has 260 valence electrons. The lowest BCUT2D eigenvalue weighted by Crippen LogP contribution is -2.42. The molecule has 1 fully saturated rings. The van der Waals surface area contributed by atoms with E-state index in [1.807, 2.05) is 62.4 Å². The highest BCUT2D eigenvalue weighted by atomic mass is 19.1. The first-order valence-electron chi connectivity index (χ1n) is 16.7. The lowest BCUT2D eigenvalue weighted by molar-refractivity contribution is -0.123. The third-order valence-electron chi connectivity index (χ3n) is 9.60. The van der Waals surface area contributed by atoms with Gasteiger partial charge in [-0.2, -0.15) is 10.2 Å². The molecule has 1 amide bonds. The molecule has 0 aliphatic carbocycles. The molecule has 0 radical (unpaired) electrons. The van der Waals surface area contributed by atoms with E-state index in [4.69, 9.17) is 9.47 Å². The number of carbonyl (C=O) groups is 1. The Morgan fingerprint density at radius 1 is 1.02 bits per heavy atom. The van der Waals surface area contributed by atoms with Crippen LogP contribution in [0.1, 0.15) is 38.3 Å². The predicted molar refractivity (Wildman–Crippen MR) is 181 cm³/mol. The molecular formula is C36H38F2N8O4. The zero-order chi connectivity index (χ0) is 34.8. The third kappa shape index (κ3) is 6.50. The van der Waals surface area contributed by atoms with Crippen LogP contribution in [0.4, 0.5) is 20.2 Å². The summed E-state index contributed by atoms with van der Waals surface area (Å²) >= 11 is 0. The summed E-state index contributed by atoms with van der Waals surface area (Å²) < 4.78 is 45.7. The largest absolute Gasteiger partial charge is 0.493 e. The van der Waals surface area contributed by atoms with Crippen LogP contribution in [-0.4, -0.2) is 61.3 Å². The molecule has 1 N–H and O–H groups in total. The Labute approximate surface area is 287 Å². The molecule has 5 aromatic rings. The van der Waals surface area contributed by atoms with Crippen molar-refractivity contribution >= 4 is 17.3 Å². The van der Waals surface area contributed by atoms with Crippen LogP contribution in [0, 0.1) is 23.5 Å². The van der Waals surface area contributed by atoms with E-state index < -0.39 is 29.2 Å². The fourth-order valence-electron chi connectivity index (χ4n) is 7.04. The molecule has 4 heterocycles. The molecule has 1 saturated heterocycles. The molecule has 1 unspecified atom stereocenters. The van der Waals surface area contributed by atoms with Gasteiger partial charge in [-0.05, 0) is 61.4 Å². The minimum atomic E-state index is -1.07. The minimum Gasteiger partial charge on any atom is -0.493 e. The van der Waals surface area contributed by atoms with Crippen LogP contribution in [0.3, 0.4) is 0 Å². The van der Waals surface area contributed by atoms with Crippen LogP contribution < -0.4 is 20.6 Å². The maximum atomic E-state index is 15.0. The number of carbonyl (C=O) groups excluding carboxylic acids is 1. The Morgan fingerprint density at radius 3 is 2.62 bits per heavy atom. The van der Waals surface area contributed by atoms with Gasteiger partial charge < -0.3 is 19.7 Å². The van der Waals surface area contributed by atoms with Gasteiger partial charge >= 0.3 is 5.69 Å². The lowest BCUT2D eigenvalue weighted by Gasteiger charge is -2.30. The van der Waals surface area contributed by atoms with Gasteiger partial charge in [-0.25, -0.2) is 32.5 Å². The van der Waals surface area contributed by atoms with Crippen LogP contribution in [0.5, 0.6) is 5.75 Å². The molecule has 2 aromatic heterocycles. The number of aromatic nitrogens is 6. The summed E-state index contributed by atoms with van der Waals surface area (Å²) in [6, 6.07) is 17.9. The van der Waals surface area contributed by atoms with Crippen molar-refractivity contribution in [2.24, 2.45) is 11.8 Å². The van der Waals surface area contributed by atoms with Crippen LogP contribution in [0.2, 0.25) is 0 Å². The highest BCUT2D eigenvalue weighted by Gasteiger charge is 2.44. The molecule has 2 aliphatic heterocycles. The number of nitrogens with zero attached hydrogens (tertiary/aromatic N) is 7. The molecule has 0 saturated carbocycles. The molecule has 50 heavy (non-hydrogen) atoms. The Bertz CT molecular complexity index is 2010. The van der Waals surface area contributed by atoms with Crippen molar-refractivity contribution in [2.75, 3.05) is 36.5 Å². The van der Waals surface area contributed by atoms with Crippen molar-refractivity contribution in [3.05, 3.63) is 113 Å². The fraction of sp³-hybridized carbons (Fsp3) is 0.361. The quantitative estimate of drug-likeness (QED) is 0.244. The average Bonchev–Trinajstić information content (AvgIpc) is 3.87. The van der Waals surface area contributed by atoms with Crippen LogP contribution in [0.15, 0.2) is 90.5 Å². The highest BCUT2D eigenvalue weighted by molar-refractivity contribution is 5.95. The minimum absolute atomic E-state index is 0.0911. The topological polar surface area (TPSA) is 121 Å². The molecule has 14 heteroatoms. The number of fused-ring (bicyclic) bond motifs is 5. The van der Waals surface area contributed by atoms with E-state index >= 15 is 4.39 Å². The van der Waals surface area contributed by atoms with Crippen molar-refractivity contribution in [3.8, 4) is 11.4 Å². The van der Waals surface area contributed by atoms with Gasteiger partial charge in [-0.15, -0.1) is 0 Å². The number of halogens is 2. The van der Waals surface area contributed by atoms with E-state index in [-0.39, 0.29) is 29.6 Å². The van der Waals surface area contributed by atoms with Crippen molar-refractivity contribution in [1.82, 2.24) is 29.1 Å². The van der Waals surface area contributed by atoms with E-state index in [1.54, 1.807) is 9.58 Å². The SMILES string of the molecule is CC[C@H]1C(C)C(=O)N(c2ccc(OC[C@@H]3CO[C@@](Cn4cncn4)(c4ccc(F)cc4F)C3)cc2)CCNc2cccc(c2)-n2cnn1c2=O. The van der Waals surface area contributed by atoms with Gasteiger partial charge in [0.25, 0.3) is 0 Å². The normalized spacial score (nSPS) is 22.4. The van der Waals surface area contributed by atoms with Gasteiger partial charge in [0.2, 0.25) is 5.91 Å². The molecular weight excluding hydrogens is 646 g/mol. The number of benzene rings is 3. The highest BCUT2D eigenvalue weighted by Crippen LogP contribution is 2.42. The second-order valence-electron chi connectivity index (χ2n) is 12.9. The summed E-state index contributed by atoms with van der Waals surface area (Å²) in [5, 5.41) is 12.0. The van der Waals surface area contributed by atoms with Gasteiger partial charge in [0, 0.05) is 42.0 Å². The standard InChI is InChI=1S/C36H38F2N8O4/c1-3-33-24(2)34(47)44(14-13-40-27-5-4-6-29(16-27)45-23-42-46(33)35(45)48)28-8-10-30(11-9-28)49-18-25-17-36(50-19-25,20-43-22-39-21-41-43)31-12-7-26(37)15-32(31)38/h4-12,15-16,21-25,33,40H,3,13-14,17-20H2,1-2H3/t24?,25-,33+,36+/m1/s1. The van der Waals surface area contributed by atoms with Crippen molar-refractivity contribution in [3.63, 3.8) is 0 Å².